The second kappa shape index (κ2) is 6.05. The number of carbonyl (C=O) groups excluding carboxylic acids is 1. The molecule has 1 N–H and O–H groups in total. The lowest BCUT2D eigenvalue weighted by Crippen LogP contribution is -2.38. The van der Waals surface area contributed by atoms with Crippen LogP contribution >= 0.6 is 0 Å². The smallest absolute Gasteiger partial charge is 0.303 e. The molecule has 114 valence electrons. The first-order valence-corrected chi connectivity index (χ1v) is 7.27. The Labute approximate surface area is 128 Å². The maximum atomic E-state index is 12.5. The fourth-order valence-electron chi connectivity index (χ4n) is 2.98. The Morgan fingerprint density at radius 3 is 2.82 bits per heavy atom. The van der Waals surface area contributed by atoms with E-state index in [4.69, 9.17) is 9.52 Å². The lowest BCUT2D eigenvalue weighted by atomic mass is 9.87. The van der Waals surface area contributed by atoms with Crippen molar-refractivity contribution in [3.05, 3.63) is 54.0 Å². The van der Waals surface area contributed by atoms with Gasteiger partial charge in [0.05, 0.1) is 25.4 Å². The van der Waals surface area contributed by atoms with Crippen molar-refractivity contribution in [3.63, 3.8) is 0 Å². The van der Waals surface area contributed by atoms with Gasteiger partial charge >= 0.3 is 5.97 Å². The number of benzene rings is 1. The largest absolute Gasteiger partial charge is 0.481 e. The third-order valence-electron chi connectivity index (χ3n) is 4.03. The SMILES string of the molecule is O=C(O)CC1CCN(C(=O)Cc2ccoc2)c2ccccc21. The van der Waals surface area contributed by atoms with Gasteiger partial charge in [0.25, 0.3) is 0 Å². The Balaban J connectivity index is 1.84. The molecule has 0 saturated carbocycles. The second-order valence-electron chi connectivity index (χ2n) is 5.50. The van der Waals surface area contributed by atoms with Gasteiger partial charge in [0.1, 0.15) is 0 Å². The minimum atomic E-state index is -0.807. The van der Waals surface area contributed by atoms with Gasteiger partial charge in [-0.1, -0.05) is 18.2 Å². The normalized spacial score (nSPS) is 17.1. The van der Waals surface area contributed by atoms with E-state index in [9.17, 15) is 9.59 Å². The van der Waals surface area contributed by atoms with Crippen molar-refractivity contribution in [2.45, 2.75) is 25.2 Å². The summed E-state index contributed by atoms with van der Waals surface area (Å²) in [5.74, 6) is -0.840. The highest BCUT2D eigenvalue weighted by molar-refractivity contribution is 5.96. The zero-order valence-corrected chi connectivity index (χ0v) is 12.1. The van der Waals surface area contributed by atoms with Crippen LogP contribution in [0.15, 0.2) is 47.3 Å². The van der Waals surface area contributed by atoms with Crippen LogP contribution in [0, 0.1) is 0 Å². The minimum Gasteiger partial charge on any atom is -0.481 e. The highest BCUT2D eigenvalue weighted by Gasteiger charge is 2.29. The number of carbonyl (C=O) groups is 2. The summed E-state index contributed by atoms with van der Waals surface area (Å²) in [7, 11) is 0. The maximum Gasteiger partial charge on any atom is 0.303 e. The van der Waals surface area contributed by atoms with Crippen molar-refractivity contribution in [1.82, 2.24) is 0 Å². The van der Waals surface area contributed by atoms with Gasteiger partial charge in [-0.15, -0.1) is 0 Å². The van der Waals surface area contributed by atoms with Crippen molar-refractivity contribution in [2.24, 2.45) is 0 Å². The Kier molecular flexibility index (Phi) is 3.96. The van der Waals surface area contributed by atoms with E-state index in [1.165, 1.54) is 0 Å². The van der Waals surface area contributed by atoms with Crippen molar-refractivity contribution in [2.75, 3.05) is 11.4 Å². The molecule has 5 nitrogen and oxygen atoms in total. The summed E-state index contributed by atoms with van der Waals surface area (Å²) in [5.41, 5.74) is 2.61. The van der Waals surface area contributed by atoms with E-state index >= 15 is 0 Å². The lowest BCUT2D eigenvalue weighted by Gasteiger charge is -2.33. The van der Waals surface area contributed by atoms with Crippen LogP contribution in [0.1, 0.15) is 29.9 Å². The maximum absolute atomic E-state index is 12.5. The number of carboxylic acid groups (broad SMARTS) is 1. The molecule has 1 aromatic carbocycles. The lowest BCUT2D eigenvalue weighted by molar-refractivity contribution is -0.137. The molecule has 1 amide bonds. The third kappa shape index (κ3) is 2.88. The second-order valence-corrected chi connectivity index (χ2v) is 5.50. The van der Waals surface area contributed by atoms with Crippen molar-refractivity contribution in [3.8, 4) is 0 Å². The summed E-state index contributed by atoms with van der Waals surface area (Å²) in [6, 6.07) is 9.34. The number of fused-ring (bicyclic) bond motifs is 1. The van der Waals surface area contributed by atoms with Gasteiger partial charge in [0.2, 0.25) is 5.91 Å². The number of amides is 1. The van der Waals surface area contributed by atoms with E-state index in [-0.39, 0.29) is 24.7 Å². The van der Waals surface area contributed by atoms with Crippen LogP contribution in [0.3, 0.4) is 0 Å². The molecular weight excluding hydrogens is 282 g/mol. The Hall–Kier alpha value is -2.56. The Morgan fingerprint density at radius 1 is 1.27 bits per heavy atom. The van der Waals surface area contributed by atoms with E-state index < -0.39 is 5.97 Å². The fraction of sp³-hybridized carbons (Fsp3) is 0.294. The summed E-state index contributed by atoms with van der Waals surface area (Å²) in [6.07, 6.45) is 4.17. The van der Waals surface area contributed by atoms with Gasteiger partial charge in [0.15, 0.2) is 0 Å². The molecule has 22 heavy (non-hydrogen) atoms. The van der Waals surface area contributed by atoms with Crippen LogP contribution in [0.5, 0.6) is 0 Å². The number of rotatable bonds is 4. The molecule has 1 atom stereocenters. The molecule has 2 heterocycles. The third-order valence-corrected chi connectivity index (χ3v) is 4.03. The van der Waals surface area contributed by atoms with E-state index in [0.717, 1.165) is 16.8 Å². The van der Waals surface area contributed by atoms with Gasteiger partial charge in [-0.3, -0.25) is 9.59 Å². The average molecular weight is 299 g/mol. The summed E-state index contributed by atoms with van der Waals surface area (Å²) in [5, 5.41) is 9.05. The van der Waals surface area contributed by atoms with Gasteiger partial charge in [-0.2, -0.15) is 0 Å². The van der Waals surface area contributed by atoms with Gasteiger partial charge in [0, 0.05) is 12.2 Å². The molecule has 1 unspecified atom stereocenters. The number of anilines is 1. The van der Waals surface area contributed by atoms with Crippen LogP contribution in [-0.4, -0.2) is 23.5 Å². The van der Waals surface area contributed by atoms with Crippen molar-refractivity contribution >= 4 is 17.6 Å². The number of nitrogens with zero attached hydrogens (tertiary/aromatic N) is 1. The Bertz CT molecular complexity index is 678. The van der Waals surface area contributed by atoms with Crippen LogP contribution in [0.4, 0.5) is 5.69 Å². The number of carboxylic acids is 1. The van der Waals surface area contributed by atoms with Crippen LogP contribution < -0.4 is 4.90 Å². The first-order chi connectivity index (χ1) is 10.6. The summed E-state index contributed by atoms with van der Waals surface area (Å²) in [4.78, 5) is 25.3. The minimum absolute atomic E-state index is 0.00243. The number of furan rings is 1. The molecule has 0 aliphatic carbocycles. The first kappa shape index (κ1) is 14.4. The summed E-state index contributed by atoms with van der Waals surface area (Å²) >= 11 is 0. The summed E-state index contributed by atoms with van der Waals surface area (Å²) < 4.78 is 5.00. The van der Waals surface area contributed by atoms with Crippen molar-refractivity contribution < 1.29 is 19.1 Å². The molecule has 0 spiro atoms. The molecule has 0 saturated heterocycles. The predicted molar refractivity (Wildman–Crippen MR) is 80.8 cm³/mol. The van der Waals surface area contributed by atoms with Crippen molar-refractivity contribution in [1.29, 1.82) is 0 Å². The predicted octanol–water partition coefficient (Wildman–Crippen LogP) is 2.82. The monoisotopic (exact) mass is 299 g/mol. The fourth-order valence-corrected chi connectivity index (χ4v) is 2.98. The van der Waals surface area contributed by atoms with Gasteiger partial charge in [-0.25, -0.2) is 0 Å². The molecular formula is C17H17NO4. The summed E-state index contributed by atoms with van der Waals surface area (Å²) in [6.45, 7) is 0.547. The molecule has 1 aliphatic rings. The zero-order valence-electron chi connectivity index (χ0n) is 12.1. The number of hydrogen-bond donors (Lipinski definition) is 1. The number of para-hydroxylation sites is 1. The molecule has 2 aromatic rings. The molecule has 1 aromatic heterocycles. The standard InChI is InChI=1S/C17H17NO4/c19-16(9-12-6-8-22-11-12)18-7-5-13(10-17(20)21)14-3-1-2-4-15(14)18/h1-4,6,8,11,13H,5,7,9-10H2,(H,20,21). The topological polar surface area (TPSA) is 70.8 Å². The molecule has 3 rings (SSSR count). The number of aliphatic carboxylic acids is 1. The van der Waals surface area contributed by atoms with E-state index in [2.05, 4.69) is 0 Å². The molecule has 0 radical (unpaired) electrons. The van der Waals surface area contributed by atoms with Gasteiger partial charge < -0.3 is 14.4 Å². The zero-order chi connectivity index (χ0) is 15.5. The molecule has 0 fully saturated rings. The Morgan fingerprint density at radius 2 is 2.09 bits per heavy atom. The van der Waals surface area contributed by atoms with E-state index in [1.807, 2.05) is 24.3 Å². The highest BCUT2D eigenvalue weighted by atomic mass is 16.4. The molecule has 1 aliphatic heterocycles. The van der Waals surface area contributed by atoms with Gasteiger partial charge in [-0.05, 0) is 35.6 Å². The highest BCUT2D eigenvalue weighted by Crippen LogP contribution is 2.37. The van der Waals surface area contributed by atoms with E-state index in [0.29, 0.717) is 13.0 Å². The van der Waals surface area contributed by atoms with Crippen LogP contribution in [-0.2, 0) is 16.0 Å². The quantitative estimate of drug-likeness (QED) is 0.942. The van der Waals surface area contributed by atoms with E-state index in [1.54, 1.807) is 23.5 Å². The molecule has 5 heteroatoms. The van der Waals surface area contributed by atoms with Crippen LogP contribution in [0.2, 0.25) is 0 Å². The first-order valence-electron chi connectivity index (χ1n) is 7.27. The van der Waals surface area contributed by atoms with Crippen LogP contribution in [0.25, 0.3) is 0 Å². The average Bonchev–Trinajstić information content (AvgIpc) is 3.00. The molecule has 0 bridgehead atoms. The number of hydrogen-bond acceptors (Lipinski definition) is 3.